The van der Waals surface area contributed by atoms with Gasteiger partial charge in [0.15, 0.2) is 0 Å². The fourth-order valence-electron chi connectivity index (χ4n) is 1.57. The van der Waals surface area contributed by atoms with E-state index >= 15 is 0 Å². The van der Waals surface area contributed by atoms with Crippen molar-refractivity contribution in [2.24, 2.45) is 0 Å². The molecule has 15 heavy (non-hydrogen) atoms. The number of phenols is 1. The van der Waals surface area contributed by atoms with E-state index in [2.05, 4.69) is 21.0 Å². The number of hydrogen-bond acceptors (Lipinski definition) is 2. The zero-order valence-corrected chi connectivity index (χ0v) is 10.1. The molecule has 0 unspecified atom stereocenters. The van der Waals surface area contributed by atoms with Crippen LogP contribution in [0.5, 0.6) is 5.75 Å². The molecule has 0 saturated heterocycles. The molecule has 1 N–H and O–H groups in total. The lowest BCUT2D eigenvalue weighted by Crippen LogP contribution is -1.98. The first-order valence-corrected chi connectivity index (χ1v) is 5.39. The van der Waals surface area contributed by atoms with Gasteiger partial charge in [-0.25, -0.2) is 4.68 Å². The highest BCUT2D eigenvalue weighted by Crippen LogP contribution is 2.23. The van der Waals surface area contributed by atoms with Crippen LogP contribution in [0.3, 0.4) is 0 Å². The van der Waals surface area contributed by atoms with Crippen molar-refractivity contribution in [3.63, 3.8) is 0 Å². The maximum Gasteiger partial charge on any atom is 0.118 e. The molecule has 78 valence electrons. The number of nitrogens with zero attached hydrogens (tertiary/aromatic N) is 2. The summed E-state index contributed by atoms with van der Waals surface area (Å²) < 4.78 is 2.64. The van der Waals surface area contributed by atoms with Crippen LogP contribution in [0.1, 0.15) is 11.4 Å². The smallest absolute Gasteiger partial charge is 0.118 e. The Hall–Kier alpha value is -1.29. The fourth-order valence-corrected chi connectivity index (χ4v) is 2.04. The number of aryl methyl sites for hydroxylation is 2. The van der Waals surface area contributed by atoms with Gasteiger partial charge in [-0.05, 0) is 32.0 Å². The Morgan fingerprint density at radius 1 is 1.20 bits per heavy atom. The van der Waals surface area contributed by atoms with E-state index in [1.807, 2.05) is 26.0 Å². The lowest BCUT2D eigenvalue weighted by atomic mass is 10.3. The average Bonchev–Trinajstić information content (AvgIpc) is 2.43. The van der Waals surface area contributed by atoms with Gasteiger partial charge in [0.25, 0.3) is 0 Å². The van der Waals surface area contributed by atoms with Crippen molar-refractivity contribution in [1.82, 2.24) is 9.78 Å². The number of aromatic nitrogens is 2. The van der Waals surface area contributed by atoms with Gasteiger partial charge in [0.2, 0.25) is 0 Å². The number of aromatic hydroxyl groups is 1. The third-order valence-corrected chi connectivity index (χ3v) is 2.58. The van der Waals surface area contributed by atoms with E-state index in [1.54, 1.807) is 16.8 Å². The Kier molecular flexibility index (Phi) is 2.52. The Morgan fingerprint density at radius 3 is 2.47 bits per heavy atom. The van der Waals surface area contributed by atoms with Crippen LogP contribution in [-0.4, -0.2) is 14.9 Å². The molecule has 0 saturated carbocycles. The van der Waals surface area contributed by atoms with E-state index in [0.29, 0.717) is 0 Å². The van der Waals surface area contributed by atoms with Gasteiger partial charge < -0.3 is 5.11 Å². The van der Waals surface area contributed by atoms with E-state index in [1.165, 1.54) is 0 Å². The van der Waals surface area contributed by atoms with Gasteiger partial charge in [-0.1, -0.05) is 15.9 Å². The molecule has 0 bridgehead atoms. The van der Waals surface area contributed by atoms with Gasteiger partial charge in [-0.2, -0.15) is 5.10 Å². The Balaban J connectivity index is 2.58. The summed E-state index contributed by atoms with van der Waals surface area (Å²) in [6, 6.07) is 7.25. The van der Waals surface area contributed by atoms with E-state index in [4.69, 9.17) is 0 Å². The molecule has 0 aliphatic carbocycles. The highest BCUT2D eigenvalue weighted by Gasteiger charge is 2.05. The van der Waals surface area contributed by atoms with Crippen molar-refractivity contribution in [3.8, 4) is 11.4 Å². The molecule has 0 aliphatic heterocycles. The van der Waals surface area contributed by atoms with Crippen LogP contribution >= 0.6 is 15.9 Å². The van der Waals surface area contributed by atoms with Crippen molar-refractivity contribution in [3.05, 3.63) is 40.1 Å². The molecule has 0 atom stereocenters. The first-order chi connectivity index (χ1) is 7.06. The van der Waals surface area contributed by atoms with Crippen molar-refractivity contribution >= 4 is 15.9 Å². The van der Waals surface area contributed by atoms with Gasteiger partial charge in [0.1, 0.15) is 5.75 Å². The second-order valence-corrected chi connectivity index (χ2v) is 4.42. The first-order valence-electron chi connectivity index (χ1n) is 4.59. The van der Waals surface area contributed by atoms with Crippen LogP contribution in [0.15, 0.2) is 28.7 Å². The molecule has 0 radical (unpaired) electrons. The van der Waals surface area contributed by atoms with Crippen molar-refractivity contribution in [1.29, 1.82) is 0 Å². The quantitative estimate of drug-likeness (QED) is 0.862. The average molecular weight is 267 g/mol. The largest absolute Gasteiger partial charge is 0.508 e. The number of rotatable bonds is 1. The number of benzene rings is 1. The standard InChI is InChI=1S/C11H11BrN2O/c1-7-3-8(2)14(13-7)10-4-9(12)5-11(15)6-10/h3-6,15H,1-2H3. The second kappa shape index (κ2) is 3.70. The van der Waals surface area contributed by atoms with E-state index < -0.39 is 0 Å². The van der Waals surface area contributed by atoms with E-state index in [9.17, 15) is 5.11 Å². The molecule has 2 rings (SSSR count). The van der Waals surface area contributed by atoms with Gasteiger partial charge in [-0.15, -0.1) is 0 Å². The minimum Gasteiger partial charge on any atom is -0.508 e. The van der Waals surface area contributed by atoms with Crippen LogP contribution in [-0.2, 0) is 0 Å². The Morgan fingerprint density at radius 2 is 1.93 bits per heavy atom. The molecule has 1 aromatic carbocycles. The molecule has 0 fully saturated rings. The number of halogens is 1. The Labute approximate surface area is 96.5 Å². The van der Waals surface area contributed by atoms with E-state index in [0.717, 1.165) is 21.5 Å². The molecule has 3 nitrogen and oxygen atoms in total. The number of phenolic OH excluding ortho intramolecular Hbond substituents is 1. The summed E-state index contributed by atoms with van der Waals surface area (Å²) in [4.78, 5) is 0. The maximum absolute atomic E-state index is 9.48. The lowest BCUT2D eigenvalue weighted by Gasteiger charge is -2.05. The predicted molar refractivity (Wildman–Crippen MR) is 62.4 cm³/mol. The van der Waals surface area contributed by atoms with Gasteiger partial charge in [0.05, 0.1) is 11.4 Å². The summed E-state index contributed by atoms with van der Waals surface area (Å²) in [6.45, 7) is 3.93. The Bertz CT molecular complexity index is 485. The summed E-state index contributed by atoms with van der Waals surface area (Å²) in [5.41, 5.74) is 2.87. The lowest BCUT2D eigenvalue weighted by molar-refractivity contribution is 0.474. The topological polar surface area (TPSA) is 38.0 Å². The van der Waals surface area contributed by atoms with Crippen molar-refractivity contribution < 1.29 is 5.11 Å². The van der Waals surface area contributed by atoms with Crippen molar-refractivity contribution in [2.45, 2.75) is 13.8 Å². The normalized spacial score (nSPS) is 10.6. The minimum absolute atomic E-state index is 0.229. The predicted octanol–water partition coefficient (Wildman–Crippen LogP) is 2.96. The highest BCUT2D eigenvalue weighted by molar-refractivity contribution is 9.10. The monoisotopic (exact) mass is 266 g/mol. The molecule has 1 heterocycles. The fraction of sp³-hybridized carbons (Fsp3) is 0.182. The van der Waals surface area contributed by atoms with Crippen LogP contribution in [0.2, 0.25) is 0 Å². The highest BCUT2D eigenvalue weighted by atomic mass is 79.9. The SMILES string of the molecule is Cc1cc(C)n(-c2cc(O)cc(Br)c2)n1. The molecular formula is C11H11BrN2O. The molecule has 1 aromatic heterocycles. The summed E-state index contributed by atoms with van der Waals surface area (Å²) >= 11 is 3.34. The van der Waals surface area contributed by atoms with Gasteiger partial charge in [-0.3, -0.25) is 0 Å². The summed E-state index contributed by atoms with van der Waals surface area (Å²) in [5.74, 6) is 0.229. The molecule has 2 aromatic rings. The van der Waals surface area contributed by atoms with E-state index in [-0.39, 0.29) is 5.75 Å². The first kappa shape index (κ1) is 10.2. The van der Waals surface area contributed by atoms with Crippen LogP contribution < -0.4 is 0 Å². The molecule has 0 aliphatic rings. The zero-order valence-electron chi connectivity index (χ0n) is 8.53. The van der Waals surface area contributed by atoms with Crippen molar-refractivity contribution in [2.75, 3.05) is 0 Å². The third-order valence-electron chi connectivity index (χ3n) is 2.12. The molecular weight excluding hydrogens is 256 g/mol. The molecule has 0 amide bonds. The molecule has 4 heteroatoms. The molecule has 0 spiro atoms. The third kappa shape index (κ3) is 2.04. The van der Waals surface area contributed by atoms with Crippen LogP contribution in [0, 0.1) is 13.8 Å². The van der Waals surface area contributed by atoms with Gasteiger partial charge in [0, 0.05) is 16.2 Å². The summed E-state index contributed by atoms with van der Waals surface area (Å²) in [7, 11) is 0. The summed E-state index contributed by atoms with van der Waals surface area (Å²) in [5, 5.41) is 13.8. The zero-order chi connectivity index (χ0) is 11.0. The number of hydrogen-bond donors (Lipinski definition) is 1. The second-order valence-electron chi connectivity index (χ2n) is 3.51. The minimum atomic E-state index is 0.229. The van der Waals surface area contributed by atoms with Crippen LogP contribution in [0.4, 0.5) is 0 Å². The maximum atomic E-state index is 9.48. The van der Waals surface area contributed by atoms with Crippen LogP contribution in [0.25, 0.3) is 5.69 Å². The van der Waals surface area contributed by atoms with Gasteiger partial charge >= 0.3 is 0 Å². The summed E-state index contributed by atoms with van der Waals surface area (Å²) in [6.07, 6.45) is 0.